The molecule has 2 atom stereocenters. The third kappa shape index (κ3) is 4.40. The minimum absolute atomic E-state index is 0.0107. The van der Waals surface area contributed by atoms with E-state index in [4.69, 9.17) is 14.6 Å². The van der Waals surface area contributed by atoms with Crippen molar-refractivity contribution in [2.45, 2.75) is 25.5 Å². The first-order valence-electron chi connectivity index (χ1n) is 6.34. The fraction of sp³-hybridized carbons (Fsp3) is 0.500. The maximum atomic E-state index is 10.5. The molecule has 3 N–H and O–H groups in total. The number of hydrogen-bond acceptors (Lipinski definition) is 5. The van der Waals surface area contributed by atoms with Gasteiger partial charge in [0.1, 0.15) is 11.5 Å². The van der Waals surface area contributed by atoms with E-state index >= 15 is 0 Å². The van der Waals surface area contributed by atoms with Gasteiger partial charge >= 0.3 is 5.97 Å². The van der Waals surface area contributed by atoms with Gasteiger partial charge in [-0.25, -0.2) is 0 Å². The SMILES string of the molecule is COc1ccc(C(O)C(C)NCCC(=O)O)c(OC)c1. The molecule has 2 unspecified atom stereocenters. The lowest BCUT2D eigenvalue weighted by Crippen LogP contribution is -2.33. The van der Waals surface area contributed by atoms with Crippen LogP contribution in [0.5, 0.6) is 11.5 Å². The molecule has 1 aromatic carbocycles. The third-order valence-electron chi connectivity index (χ3n) is 3.04. The summed E-state index contributed by atoms with van der Waals surface area (Å²) in [5.74, 6) is 0.300. The molecule has 0 bridgehead atoms. The number of aliphatic hydroxyl groups is 1. The Bertz CT molecular complexity index is 449. The molecule has 0 heterocycles. The Morgan fingerprint density at radius 3 is 2.60 bits per heavy atom. The van der Waals surface area contributed by atoms with E-state index in [1.54, 1.807) is 32.2 Å². The highest BCUT2D eigenvalue weighted by molar-refractivity contribution is 5.66. The number of nitrogens with one attached hydrogen (secondary N) is 1. The van der Waals surface area contributed by atoms with Crippen molar-refractivity contribution in [1.29, 1.82) is 0 Å². The lowest BCUT2D eigenvalue weighted by Gasteiger charge is -2.22. The summed E-state index contributed by atoms with van der Waals surface area (Å²) < 4.78 is 10.3. The highest BCUT2D eigenvalue weighted by Gasteiger charge is 2.20. The van der Waals surface area contributed by atoms with Gasteiger partial charge < -0.3 is 25.0 Å². The Labute approximate surface area is 118 Å². The predicted molar refractivity (Wildman–Crippen MR) is 74.2 cm³/mol. The van der Waals surface area contributed by atoms with Gasteiger partial charge in [-0.05, 0) is 19.1 Å². The number of aliphatic hydroxyl groups excluding tert-OH is 1. The number of carbonyl (C=O) groups is 1. The maximum absolute atomic E-state index is 10.5. The zero-order valence-electron chi connectivity index (χ0n) is 11.9. The number of benzene rings is 1. The molecule has 20 heavy (non-hydrogen) atoms. The second-order valence-electron chi connectivity index (χ2n) is 4.44. The minimum Gasteiger partial charge on any atom is -0.497 e. The minimum atomic E-state index is -0.874. The summed E-state index contributed by atoms with van der Waals surface area (Å²) in [5, 5.41) is 21.9. The van der Waals surface area contributed by atoms with Gasteiger partial charge in [-0.1, -0.05) is 0 Å². The van der Waals surface area contributed by atoms with Crippen LogP contribution in [0.15, 0.2) is 18.2 Å². The van der Waals surface area contributed by atoms with Crippen LogP contribution in [0, 0.1) is 0 Å². The molecular weight excluding hydrogens is 262 g/mol. The van der Waals surface area contributed by atoms with Gasteiger partial charge in [0.2, 0.25) is 0 Å². The average molecular weight is 283 g/mol. The zero-order valence-corrected chi connectivity index (χ0v) is 11.9. The van der Waals surface area contributed by atoms with Crippen LogP contribution in [0.4, 0.5) is 0 Å². The molecule has 0 aliphatic carbocycles. The van der Waals surface area contributed by atoms with Crippen LogP contribution < -0.4 is 14.8 Å². The van der Waals surface area contributed by atoms with E-state index in [0.29, 0.717) is 23.6 Å². The molecule has 6 heteroatoms. The van der Waals surface area contributed by atoms with E-state index < -0.39 is 12.1 Å². The highest BCUT2D eigenvalue weighted by atomic mass is 16.5. The van der Waals surface area contributed by atoms with Gasteiger partial charge in [-0.2, -0.15) is 0 Å². The van der Waals surface area contributed by atoms with Gasteiger partial charge in [0.05, 0.1) is 26.7 Å². The number of ether oxygens (including phenoxy) is 2. The summed E-state index contributed by atoms with van der Waals surface area (Å²) in [6.45, 7) is 2.09. The zero-order chi connectivity index (χ0) is 15.1. The Morgan fingerprint density at radius 1 is 1.35 bits per heavy atom. The first kappa shape index (κ1) is 16.3. The fourth-order valence-electron chi connectivity index (χ4n) is 1.85. The Balaban J connectivity index is 2.74. The van der Waals surface area contributed by atoms with Crippen molar-refractivity contribution in [3.63, 3.8) is 0 Å². The van der Waals surface area contributed by atoms with E-state index in [0.717, 1.165) is 0 Å². The van der Waals surface area contributed by atoms with E-state index in [9.17, 15) is 9.90 Å². The molecule has 112 valence electrons. The van der Waals surface area contributed by atoms with E-state index in [-0.39, 0.29) is 12.5 Å². The smallest absolute Gasteiger partial charge is 0.304 e. The number of carboxylic acids is 1. The molecule has 0 fully saturated rings. The molecule has 0 amide bonds. The molecule has 0 aliphatic heterocycles. The molecule has 0 saturated heterocycles. The number of aliphatic carboxylic acids is 1. The molecular formula is C14H21NO5. The summed E-state index contributed by atoms with van der Waals surface area (Å²) in [4.78, 5) is 10.5. The lowest BCUT2D eigenvalue weighted by molar-refractivity contribution is -0.136. The lowest BCUT2D eigenvalue weighted by atomic mass is 10.0. The van der Waals surface area contributed by atoms with Gasteiger partial charge in [0.15, 0.2) is 0 Å². The molecule has 0 aromatic heterocycles. The maximum Gasteiger partial charge on any atom is 0.304 e. The van der Waals surface area contributed by atoms with Crippen LogP contribution in [0.25, 0.3) is 0 Å². The first-order valence-corrected chi connectivity index (χ1v) is 6.34. The van der Waals surface area contributed by atoms with Crippen LogP contribution >= 0.6 is 0 Å². The Morgan fingerprint density at radius 2 is 2.05 bits per heavy atom. The number of carboxylic acid groups (broad SMARTS) is 1. The quantitative estimate of drug-likeness (QED) is 0.664. The number of methoxy groups -OCH3 is 2. The van der Waals surface area contributed by atoms with Crippen molar-refractivity contribution in [2.75, 3.05) is 20.8 Å². The summed E-state index contributed by atoms with van der Waals surface area (Å²) in [6, 6.07) is 4.88. The summed E-state index contributed by atoms with van der Waals surface area (Å²) >= 11 is 0. The second kappa shape index (κ2) is 7.72. The van der Waals surface area contributed by atoms with Gasteiger partial charge in [0.25, 0.3) is 0 Å². The van der Waals surface area contributed by atoms with Crippen molar-refractivity contribution >= 4 is 5.97 Å². The fourth-order valence-corrected chi connectivity index (χ4v) is 1.85. The number of rotatable bonds is 8. The van der Waals surface area contributed by atoms with Gasteiger partial charge in [-0.15, -0.1) is 0 Å². The molecule has 0 spiro atoms. The van der Waals surface area contributed by atoms with E-state index in [2.05, 4.69) is 5.32 Å². The average Bonchev–Trinajstić information content (AvgIpc) is 2.45. The van der Waals surface area contributed by atoms with Crippen LogP contribution in [-0.2, 0) is 4.79 Å². The van der Waals surface area contributed by atoms with Crippen molar-refractivity contribution in [3.05, 3.63) is 23.8 Å². The standard InChI is InChI=1S/C14H21NO5/c1-9(15-7-6-13(16)17)14(18)11-5-4-10(19-2)8-12(11)20-3/h4-5,8-9,14-15,18H,6-7H2,1-3H3,(H,16,17). The Hall–Kier alpha value is -1.79. The number of hydrogen-bond donors (Lipinski definition) is 3. The van der Waals surface area contributed by atoms with Crippen LogP contribution in [0.2, 0.25) is 0 Å². The van der Waals surface area contributed by atoms with E-state index in [1.807, 2.05) is 0 Å². The molecule has 1 aromatic rings. The molecule has 0 radical (unpaired) electrons. The van der Waals surface area contributed by atoms with Crippen molar-refractivity contribution in [3.8, 4) is 11.5 Å². The monoisotopic (exact) mass is 283 g/mol. The molecule has 0 saturated carbocycles. The van der Waals surface area contributed by atoms with Gasteiger partial charge in [0, 0.05) is 24.2 Å². The second-order valence-corrected chi connectivity index (χ2v) is 4.44. The third-order valence-corrected chi connectivity index (χ3v) is 3.04. The first-order chi connectivity index (χ1) is 9.49. The van der Waals surface area contributed by atoms with E-state index in [1.165, 1.54) is 7.11 Å². The van der Waals surface area contributed by atoms with Crippen molar-refractivity contribution < 1.29 is 24.5 Å². The summed E-state index contributed by atoms with van der Waals surface area (Å²) in [5.41, 5.74) is 0.628. The van der Waals surface area contributed by atoms with Crippen molar-refractivity contribution in [1.82, 2.24) is 5.32 Å². The summed E-state index contributed by atoms with van der Waals surface area (Å²) in [6.07, 6.45) is -0.791. The van der Waals surface area contributed by atoms with Gasteiger partial charge in [-0.3, -0.25) is 4.79 Å². The summed E-state index contributed by atoms with van der Waals surface area (Å²) in [7, 11) is 3.08. The highest BCUT2D eigenvalue weighted by Crippen LogP contribution is 2.30. The van der Waals surface area contributed by atoms with Crippen molar-refractivity contribution in [2.24, 2.45) is 0 Å². The van der Waals surface area contributed by atoms with Crippen LogP contribution in [-0.4, -0.2) is 43.0 Å². The normalized spacial score (nSPS) is 13.6. The Kier molecular flexibility index (Phi) is 6.27. The molecule has 6 nitrogen and oxygen atoms in total. The largest absolute Gasteiger partial charge is 0.497 e. The molecule has 0 aliphatic rings. The topological polar surface area (TPSA) is 88.0 Å². The van der Waals surface area contributed by atoms with Crippen LogP contribution in [0.1, 0.15) is 25.0 Å². The predicted octanol–water partition coefficient (Wildman–Crippen LogP) is 1.19. The molecule has 1 rings (SSSR count). The van der Waals surface area contributed by atoms with Crippen LogP contribution in [0.3, 0.4) is 0 Å².